The van der Waals surface area contributed by atoms with Gasteiger partial charge in [-0.3, -0.25) is 9.69 Å². The maximum atomic E-state index is 12.9. The van der Waals surface area contributed by atoms with Gasteiger partial charge in [-0.05, 0) is 58.7 Å². The average Bonchev–Trinajstić information content (AvgIpc) is 3.33. The summed E-state index contributed by atoms with van der Waals surface area (Å²) < 4.78 is 12.1. The van der Waals surface area contributed by atoms with E-state index in [9.17, 15) is 4.79 Å². The number of aromatic nitrogens is 2. The number of hydrogen-bond donors (Lipinski definition) is 0. The highest BCUT2D eigenvalue weighted by atomic mass is 16.7. The second-order valence-corrected chi connectivity index (χ2v) is 9.00. The van der Waals surface area contributed by atoms with Crippen molar-refractivity contribution in [3.05, 3.63) is 42.2 Å². The molecule has 0 saturated carbocycles. The molecule has 0 aromatic carbocycles. The lowest BCUT2D eigenvalue weighted by atomic mass is 9.80. The van der Waals surface area contributed by atoms with Crippen molar-refractivity contribution in [1.29, 1.82) is 0 Å². The largest absolute Gasteiger partial charge is 0.496 e. The van der Waals surface area contributed by atoms with Crippen LogP contribution < -0.4 is 15.3 Å². The predicted molar refractivity (Wildman–Crippen MR) is 118 cm³/mol. The Balaban J connectivity index is 1.44. The van der Waals surface area contributed by atoms with Gasteiger partial charge in [0.15, 0.2) is 0 Å². The molecule has 1 amide bonds. The fourth-order valence-electron chi connectivity index (χ4n) is 3.66. The molecule has 30 heavy (non-hydrogen) atoms. The van der Waals surface area contributed by atoms with Crippen LogP contribution in [0.2, 0.25) is 0 Å². The van der Waals surface area contributed by atoms with E-state index in [1.165, 1.54) is 17.7 Å². The van der Waals surface area contributed by atoms with Gasteiger partial charge in [0.25, 0.3) is 5.91 Å². The topological polar surface area (TPSA) is 67.8 Å². The highest BCUT2D eigenvalue weighted by Crippen LogP contribution is 2.36. The Kier molecular flexibility index (Phi) is 5.32. The van der Waals surface area contributed by atoms with Crippen LogP contribution in [0.1, 0.15) is 50.9 Å². The van der Waals surface area contributed by atoms with Gasteiger partial charge in [0, 0.05) is 38.0 Å². The molecule has 4 rings (SSSR count). The molecule has 0 unspecified atom stereocenters. The van der Waals surface area contributed by atoms with E-state index in [2.05, 4.69) is 14.9 Å². The van der Waals surface area contributed by atoms with E-state index >= 15 is 0 Å². The van der Waals surface area contributed by atoms with E-state index in [0.717, 1.165) is 24.4 Å². The van der Waals surface area contributed by atoms with Gasteiger partial charge in [-0.2, -0.15) is 0 Å². The van der Waals surface area contributed by atoms with Crippen molar-refractivity contribution >= 4 is 30.1 Å². The number of pyridine rings is 2. The zero-order valence-corrected chi connectivity index (χ0v) is 18.4. The van der Waals surface area contributed by atoms with Crippen LogP contribution in [-0.4, -0.2) is 54.3 Å². The molecule has 2 fully saturated rings. The summed E-state index contributed by atoms with van der Waals surface area (Å²) in [5.41, 5.74) is 0.557. The molecule has 158 valence electrons. The average molecular weight is 408 g/mol. The Morgan fingerprint density at radius 2 is 1.67 bits per heavy atom. The van der Waals surface area contributed by atoms with E-state index in [4.69, 9.17) is 9.31 Å². The molecule has 2 saturated heterocycles. The van der Waals surface area contributed by atoms with Crippen molar-refractivity contribution in [2.24, 2.45) is 0 Å². The summed E-state index contributed by atoms with van der Waals surface area (Å²) in [5, 5.41) is 0. The molecule has 2 aromatic rings. The van der Waals surface area contributed by atoms with Crippen molar-refractivity contribution in [2.45, 2.75) is 51.7 Å². The Labute approximate surface area is 178 Å². The van der Waals surface area contributed by atoms with Crippen LogP contribution in [0.3, 0.4) is 0 Å². The summed E-state index contributed by atoms with van der Waals surface area (Å²) in [5.74, 6) is 1.34. The Hall–Kier alpha value is -2.45. The van der Waals surface area contributed by atoms with Gasteiger partial charge >= 0.3 is 7.12 Å². The molecular weight excluding hydrogens is 379 g/mol. The maximum Gasteiger partial charge on any atom is 0.496 e. The van der Waals surface area contributed by atoms with Crippen LogP contribution in [0.25, 0.3) is 0 Å². The SMILES string of the molecule is CN(C(=O)c1ccc(N2CCCC2)nc1)c1ccc(B2OC(C)(C)C(C)(C)O2)cn1. The third-order valence-electron chi connectivity index (χ3n) is 6.37. The Bertz CT molecular complexity index is 893. The second-order valence-electron chi connectivity index (χ2n) is 9.00. The zero-order valence-electron chi connectivity index (χ0n) is 18.4. The normalized spacial score (nSPS) is 19.9. The van der Waals surface area contributed by atoms with E-state index < -0.39 is 18.3 Å². The number of nitrogens with zero attached hydrogens (tertiary/aromatic N) is 4. The smallest absolute Gasteiger partial charge is 0.399 e. The number of amides is 1. The number of hydrogen-bond acceptors (Lipinski definition) is 6. The summed E-state index contributed by atoms with van der Waals surface area (Å²) in [6.45, 7) is 10.1. The first-order chi connectivity index (χ1) is 14.2. The molecule has 0 radical (unpaired) electrons. The minimum Gasteiger partial charge on any atom is -0.399 e. The summed E-state index contributed by atoms with van der Waals surface area (Å²) in [7, 11) is 1.24. The Morgan fingerprint density at radius 3 is 2.20 bits per heavy atom. The lowest BCUT2D eigenvalue weighted by molar-refractivity contribution is 0.00578. The van der Waals surface area contributed by atoms with Crippen LogP contribution in [0.5, 0.6) is 0 Å². The molecule has 0 atom stereocenters. The highest BCUT2D eigenvalue weighted by Gasteiger charge is 2.51. The predicted octanol–water partition coefficient (Wildman–Crippen LogP) is 2.65. The van der Waals surface area contributed by atoms with Crippen molar-refractivity contribution in [3.8, 4) is 0 Å². The van der Waals surface area contributed by atoms with Crippen molar-refractivity contribution < 1.29 is 14.1 Å². The standard InChI is InChI=1S/C22H29BN4O3/c1-21(2)22(3,4)30-23(29-21)17-9-11-18(25-15-17)26(5)20(28)16-8-10-19(24-14-16)27-12-6-7-13-27/h8-11,14-15H,6-7,12-13H2,1-5H3. The third-order valence-corrected chi connectivity index (χ3v) is 6.37. The van der Waals surface area contributed by atoms with Gasteiger partial charge in [-0.15, -0.1) is 0 Å². The summed E-state index contributed by atoms with van der Waals surface area (Å²) in [6.07, 6.45) is 5.73. The molecule has 0 N–H and O–H groups in total. The van der Waals surface area contributed by atoms with Crippen LogP contribution in [0, 0.1) is 0 Å². The van der Waals surface area contributed by atoms with Crippen LogP contribution >= 0.6 is 0 Å². The first-order valence-corrected chi connectivity index (χ1v) is 10.5. The number of carbonyl (C=O) groups is 1. The van der Waals surface area contributed by atoms with E-state index in [1.54, 1.807) is 19.4 Å². The minimum absolute atomic E-state index is 0.147. The quantitative estimate of drug-likeness (QED) is 0.725. The number of rotatable bonds is 4. The molecule has 0 spiro atoms. The van der Waals surface area contributed by atoms with Gasteiger partial charge in [-0.1, -0.05) is 6.07 Å². The monoisotopic (exact) mass is 408 g/mol. The van der Waals surface area contributed by atoms with Gasteiger partial charge in [0.2, 0.25) is 0 Å². The molecule has 8 heteroatoms. The van der Waals surface area contributed by atoms with Crippen LogP contribution in [0.15, 0.2) is 36.7 Å². The molecule has 2 aliphatic heterocycles. The van der Waals surface area contributed by atoms with Gasteiger partial charge in [0.05, 0.1) is 16.8 Å². The lowest BCUT2D eigenvalue weighted by Crippen LogP contribution is -2.41. The summed E-state index contributed by atoms with van der Waals surface area (Å²) >= 11 is 0. The van der Waals surface area contributed by atoms with Crippen LogP contribution in [-0.2, 0) is 9.31 Å². The second kappa shape index (κ2) is 7.67. The fraction of sp³-hybridized carbons (Fsp3) is 0.500. The third kappa shape index (κ3) is 3.81. The molecule has 2 aromatic heterocycles. The van der Waals surface area contributed by atoms with Crippen LogP contribution in [0.4, 0.5) is 11.6 Å². The van der Waals surface area contributed by atoms with E-state index in [1.807, 2.05) is 52.0 Å². The summed E-state index contributed by atoms with van der Waals surface area (Å²) in [6, 6.07) is 7.45. The molecule has 0 aliphatic carbocycles. The molecule has 2 aliphatic rings. The Morgan fingerprint density at radius 1 is 1.00 bits per heavy atom. The van der Waals surface area contributed by atoms with Gasteiger partial charge in [-0.25, -0.2) is 9.97 Å². The lowest BCUT2D eigenvalue weighted by Gasteiger charge is -2.32. The van der Waals surface area contributed by atoms with E-state index in [-0.39, 0.29) is 5.91 Å². The number of anilines is 2. The molecule has 4 heterocycles. The highest BCUT2D eigenvalue weighted by molar-refractivity contribution is 6.62. The van der Waals surface area contributed by atoms with Crippen molar-refractivity contribution in [3.63, 3.8) is 0 Å². The van der Waals surface area contributed by atoms with E-state index in [0.29, 0.717) is 11.4 Å². The zero-order chi connectivity index (χ0) is 21.5. The van der Waals surface area contributed by atoms with Gasteiger partial charge in [0.1, 0.15) is 11.6 Å². The first-order valence-electron chi connectivity index (χ1n) is 10.5. The molecule has 0 bridgehead atoms. The fourth-order valence-corrected chi connectivity index (χ4v) is 3.66. The van der Waals surface area contributed by atoms with Gasteiger partial charge < -0.3 is 14.2 Å². The van der Waals surface area contributed by atoms with Crippen molar-refractivity contribution in [2.75, 3.05) is 29.9 Å². The minimum atomic E-state index is -0.472. The number of carbonyl (C=O) groups excluding carboxylic acids is 1. The van der Waals surface area contributed by atoms with Crippen molar-refractivity contribution in [1.82, 2.24) is 9.97 Å². The molecular formula is C22H29BN4O3. The first kappa shape index (κ1) is 20.8. The molecule has 7 nitrogen and oxygen atoms in total. The maximum absolute atomic E-state index is 12.9. The summed E-state index contributed by atoms with van der Waals surface area (Å²) in [4.78, 5) is 25.6.